The van der Waals surface area contributed by atoms with Crippen molar-refractivity contribution in [1.82, 2.24) is 16.0 Å². The highest BCUT2D eigenvalue weighted by atomic mass is 16.4. The smallest absolute Gasteiger partial charge is 0.314 e. The third-order valence-electron chi connectivity index (χ3n) is 3.42. The van der Waals surface area contributed by atoms with E-state index in [0.717, 1.165) is 12.8 Å². The molecule has 0 aromatic carbocycles. The third kappa shape index (κ3) is 5.15. The molecule has 19 heavy (non-hydrogen) atoms. The molecule has 0 saturated heterocycles. The lowest BCUT2D eigenvalue weighted by Gasteiger charge is -2.16. The van der Waals surface area contributed by atoms with E-state index in [9.17, 15) is 14.4 Å². The Morgan fingerprint density at radius 1 is 1.21 bits per heavy atom. The number of carbonyl (C=O) groups is 3. The van der Waals surface area contributed by atoms with Crippen molar-refractivity contribution < 1.29 is 19.5 Å². The number of hydrogen-bond acceptors (Lipinski definition) is 3. The Balaban J connectivity index is 2.19. The van der Waals surface area contributed by atoms with Crippen LogP contribution in [0.25, 0.3) is 0 Å². The van der Waals surface area contributed by atoms with Gasteiger partial charge < -0.3 is 21.1 Å². The monoisotopic (exact) mass is 271 g/mol. The summed E-state index contributed by atoms with van der Waals surface area (Å²) in [5.74, 6) is -1.28. The minimum Gasteiger partial charge on any atom is -0.481 e. The van der Waals surface area contributed by atoms with Crippen LogP contribution in [0.1, 0.15) is 25.7 Å². The zero-order chi connectivity index (χ0) is 14.3. The summed E-state index contributed by atoms with van der Waals surface area (Å²) in [6.45, 7) is 0.626. The quantitative estimate of drug-likeness (QED) is 0.542. The van der Waals surface area contributed by atoms with Gasteiger partial charge in [0.25, 0.3) is 0 Å². The second-order valence-electron chi connectivity index (χ2n) is 4.70. The van der Waals surface area contributed by atoms with Crippen LogP contribution in [0.4, 0.5) is 4.79 Å². The number of hydrogen-bond donors (Lipinski definition) is 4. The largest absolute Gasteiger partial charge is 0.481 e. The molecule has 4 N–H and O–H groups in total. The highest BCUT2D eigenvalue weighted by molar-refractivity contribution is 5.78. The molecule has 0 aromatic rings. The number of carboxylic acids is 1. The van der Waals surface area contributed by atoms with Gasteiger partial charge in [-0.1, -0.05) is 6.42 Å². The first kappa shape index (κ1) is 15.3. The SMILES string of the molecule is CNC(=O)CCNC(=O)NCC1CCCC1C(=O)O. The van der Waals surface area contributed by atoms with Gasteiger partial charge in [-0.15, -0.1) is 0 Å². The van der Waals surface area contributed by atoms with Crippen LogP contribution in [0.15, 0.2) is 0 Å². The second kappa shape index (κ2) is 7.60. The molecule has 0 radical (unpaired) electrons. The van der Waals surface area contributed by atoms with Crippen LogP contribution in [0.5, 0.6) is 0 Å². The Labute approximate surface area is 112 Å². The van der Waals surface area contributed by atoms with E-state index in [0.29, 0.717) is 13.0 Å². The first-order chi connectivity index (χ1) is 9.04. The van der Waals surface area contributed by atoms with E-state index in [1.165, 1.54) is 7.05 Å². The van der Waals surface area contributed by atoms with Crippen molar-refractivity contribution in [2.24, 2.45) is 11.8 Å². The van der Waals surface area contributed by atoms with E-state index < -0.39 is 5.97 Å². The molecule has 108 valence electrons. The maximum atomic E-state index is 11.4. The predicted molar refractivity (Wildman–Crippen MR) is 68.6 cm³/mol. The first-order valence-corrected chi connectivity index (χ1v) is 6.49. The van der Waals surface area contributed by atoms with Gasteiger partial charge in [0.1, 0.15) is 0 Å². The summed E-state index contributed by atoms with van der Waals surface area (Å²) in [6.07, 6.45) is 2.63. The Hall–Kier alpha value is -1.79. The Morgan fingerprint density at radius 2 is 1.95 bits per heavy atom. The van der Waals surface area contributed by atoms with Gasteiger partial charge in [-0.05, 0) is 18.8 Å². The highest BCUT2D eigenvalue weighted by Gasteiger charge is 2.32. The number of nitrogens with one attached hydrogen (secondary N) is 3. The number of rotatable bonds is 6. The molecule has 2 unspecified atom stereocenters. The lowest BCUT2D eigenvalue weighted by Crippen LogP contribution is -2.40. The molecule has 3 amide bonds. The van der Waals surface area contributed by atoms with Crippen LogP contribution in [0.2, 0.25) is 0 Å². The number of carboxylic acid groups (broad SMARTS) is 1. The Kier molecular flexibility index (Phi) is 6.11. The molecular formula is C12H21N3O4. The van der Waals surface area contributed by atoms with E-state index in [4.69, 9.17) is 5.11 Å². The predicted octanol–water partition coefficient (Wildman–Crippen LogP) is -0.0774. The number of amides is 3. The average Bonchev–Trinajstić information content (AvgIpc) is 2.84. The van der Waals surface area contributed by atoms with Crippen molar-refractivity contribution in [3.05, 3.63) is 0 Å². The normalized spacial score (nSPS) is 21.7. The van der Waals surface area contributed by atoms with Crippen molar-refractivity contribution in [3.8, 4) is 0 Å². The molecule has 2 atom stereocenters. The summed E-state index contributed by atoms with van der Waals surface area (Å²) in [4.78, 5) is 33.3. The molecule has 1 rings (SSSR count). The minimum absolute atomic E-state index is 0.00203. The summed E-state index contributed by atoms with van der Waals surface area (Å²) < 4.78 is 0. The maximum Gasteiger partial charge on any atom is 0.314 e. The summed E-state index contributed by atoms with van der Waals surface area (Å²) in [7, 11) is 1.54. The molecule has 1 saturated carbocycles. The van der Waals surface area contributed by atoms with Crippen molar-refractivity contribution >= 4 is 17.9 Å². The second-order valence-corrected chi connectivity index (χ2v) is 4.70. The Bertz CT molecular complexity index is 346. The molecule has 1 fully saturated rings. The third-order valence-corrected chi connectivity index (χ3v) is 3.42. The van der Waals surface area contributed by atoms with Gasteiger partial charge in [0.15, 0.2) is 0 Å². The lowest BCUT2D eigenvalue weighted by molar-refractivity contribution is -0.142. The molecule has 0 aromatic heterocycles. The summed E-state index contributed by atoms with van der Waals surface area (Å²) in [5, 5.41) is 16.7. The maximum absolute atomic E-state index is 11.4. The average molecular weight is 271 g/mol. The van der Waals surface area contributed by atoms with Crippen molar-refractivity contribution in [1.29, 1.82) is 0 Å². The fraction of sp³-hybridized carbons (Fsp3) is 0.750. The lowest BCUT2D eigenvalue weighted by atomic mass is 9.96. The van der Waals surface area contributed by atoms with Gasteiger partial charge in [-0.3, -0.25) is 9.59 Å². The van der Waals surface area contributed by atoms with Gasteiger partial charge in [0.05, 0.1) is 5.92 Å². The van der Waals surface area contributed by atoms with Crippen LogP contribution in [0.3, 0.4) is 0 Å². The van der Waals surface area contributed by atoms with E-state index in [1.807, 2.05) is 0 Å². The standard InChI is InChI=1S/C12H21N3O4/c1-13-10(16)5-6-14-12(19)15-7-8-3-2-4-9(8)11(17)18/h8-9H,2-7H2,1H3,(H,13,16)(H,17,18)(H2,14,15,19). The molecule has 7 heteroatoms. The van der Waals surface area contributed by atoms with Gasteiger partial charge in [0.2, 0.25) is 5.91 Å². The van der Waals surface area contributed by atoms with Crippen LogP contribution in [0, 0.1) is 11.8 Å². The molecular weight excluding hydrogens is 250 g/mol. The molecule has 0 bridgehead atoms. The molecule has 1 aliphatic carbocycles. The minimum atomic E-state index is -0.788. The zero-order valence-electron chi connectivity index (χ0n) is 11.1. The topological polar surface area (TPSA) is 108 Å². The Morgan fingerprint density at radius 3 is 2.58 bits per heavy atom. The van der Waals surface area contributed by atoms with Gasteiger partial charge in [0, 0.05) is 26.6 Å². The van der Waals surface area contributed by atoms with Crippen LogP contribution in [-0.2, 0) is 9.59 Å². The fourth-order valence-corrected chi connectivity index (χ4v) is 2.31. The van der Waals surface area contributed by atoms with Crippen LogP contribution >= 0.6 is 0 Å². The van der Waals surface area contributed by atoms with E-state index in [-0.39, 0.29) is 36.7 Å². The van der Waals surface area contributed by atoms with Gasteiger partial charge in [-0.25, -0.2) is 4.79 Å². The number of carbonyl (C=O) groups excluding carboxylic acids is 2. The molecule has 0 aliphatic heterocycles. The zero-order valence-corrected chi connectivity index (χ0v) is 11.1. The van der Waals surface area contributed by atoms with Gasteiger partial charge in [-0.2, -0.15) is 0 Å². The first-order valence-electron chi connectivity index (χ1n) is 6.49. The number of urea groups is 1. The van der Waals surface area contributed by atoms with Crippen LogP contribution in [-0.4, -0.2) is 43.2 Å². The molecule has 1 aliphatic rings. The fourth-order valence-electron chi connectivity index (χ4n) is 2.31. The summed E-state index contributed by atoms with van der Waals surface area (Å²) in [6, 6.07) is -0.361. The summed E-state index contributed by atoms with van der Waals surface area (Å²) >= 11 is 0. The van der Waals surface area contributed by atoms with Crippen LogP contribution < -0.4 is 16.0 Å². The number of aliphatic carboxylic acids is 1. The highest BCUT2D eigenvalue weighted by Crippen LogP contribution is 2.31. The van der Waals surface area contributed by atoms with Crippen molar-refractivity contribution in [2.75, 3.05) is 20.1 Å². The summed E-state index contributed by atoms with van der Waals surface area (Å²) in [5.41, 5.74) is 0. The molecule has 0 spiro atoms. The molecule has 7 nitrogen and oxygen atoms in total. The van der Waals surface area contributed by atoms with E-state index >= 15 is 0 Å². The van der Waals surface area contributed by atoms with E-state index in [1.54, 1.807) is 0 Å². The van der Waals surface area contributed by atoms with E-state index in [2.05, 4.69) is 16.0 Å². The van der Waals surface area contributed by atoms with Gasteiger partial charge >= 0.3 is 12.0 Å². The van der Waals surface area contributed by atoms with Crippen molar-refractivity contribution in [3.63, 3.8) is 0 Å². The van der Waals surface area contributed by atoms with Crippen molar-refractivity contribution in [2.45, 2.75) is 25.7 Å². The molecule has 0 heterocycles.